The number of hydrogen-bond donors (Lipinski definition) is 2. The van der Waals surface area contributed by atoms with Crippen LogP contribution < -0.4 is 0 Å². The molecule has 3 atom stereocenters. The van der Waals surface area contributed by atoms with Gasteiger partial charge in [-0.25, -0.2) is 4.39 Å². The maximum absolute atomic E-state index is 13.9. The van der Waals surface area contributed by atoms with Gasteiger partial charge in [0.1, 0.15) is 5.82 Å². The largest absolute Gasteiger partial charge is 0.481 e. The van der Waals surface area contributed by atoms with Gasteiger partial charge >= 0.3 is 5.97 Å². The summed E-state index contributed by atoms with van der Waals surface area (Å²) in [5.74, 6) is -0.963. The van der Waals surface area contributed by atoms with Crippen LogP contribution in [0.2, 0.25) is 0 Å². The molecule has 0 aliphatic carbocycles. The fourth-order valence-corrected chi connectivity index (χ4v) is 4.28. The summed E-state index contributed by atoms with van der Waals surface area (Å²) in [7, 11) is 0. The third kappa shape index (κ3) is 7.12. The molecular weight excluding hydrogens is 409 g/mol. The summed E-state index contributed by atoms with van der Waals surface area (Å²) in [5, 5.41) is 19.3. The molecule has 3 rings (SSSR count). The molecule has 2 aromatic rings. The van der Waals surface area contributed by atoms with Crippen LogP contribution in [0, 0.1) is 12.7 Å². The molecule has 1 aliphatic heterocycles. The number of aliphatic carboxylic acids is 1. The number of ether oxygens (including phenoxy) is 1. The molecule has 2 aromatic carbocycles. The van der Waals surface area contributed by atoms with Crippen LogP contribution in [0.25, 0.3) is 0 Å². The van der Waals surface area contributed by atoms with E-state index in [-0.39, 0.29) is 24.9 Å². The second-order valence-corrected chi connectivity index (χ2v) is 8.84. The van der Waals surface area contributed by atoms with Gasteiger partial charge in [0.25, 0.3) is 0 Å². The van der Waals surface area contributed by atoms with Crippen molar-refractivity contribution < 1.29 is 24.1 Å². The molecule has 0 spiro atoms. The SMILES string of the molecule is Cc1ccc(C[C@@H]2CCCN2C[C@@H](O)CO[C@H](C)c2ccc(CCC(=O)O)cc2)cc1F. The van der Waals surface area contributed by atoms with Crippen LogP contribution in [-0.2, 0) is 22.4 Å². The van der Waals surface area contributed by atoms with Crippen LogP contribution in [0.4, 0.5) is 4.39 Å². The highest BCUT2D eigenvalue weighted by Gasteiger charge is 2.27. The molecule has 1 aliphatic rings. The molecule has 32 heavy (non-hydrogen) atoms. The van der Waals surface area contributed by atoms with Gasteiger partial charge in [0, 0.05) is 19.0 Å². The van der Waals surface area contributed by atoms with Gasteiger partial charge in [0.05, 0.1) is 18.8 Å². The summed E-state index contributed by atoms with van der Waals surface area (Å²) in [6.45, 7) is 5.43. The molecule has 0 amide bonds. The smallest absolute Gasteiger partial charge is 0.303 e. The van der Waals surface area contributed by atoms with Crippen molar-refractivity contribution >= 4 is 5.97 Å². The van der Waals surface area contributed by atoms with Gasteiger partial charge < -0.3 is 14.9 Å². The summed E-state index contributed by atoms with van der Waals surface area (Å²) in [6, 6.07) is 13.5. The number of benzene rings is 2. The number of rotatable bonds is 11. The van der Waals surface area contributed by atoms with Gasteiger partial charge in [-0.3, -0.25) is 9.69 Å². The van der Waals surface area contributed by atoms with Gasteiger partial charge in [0.15, 0.2) is 0 Å². The first-order chi connectivity index (χ1) is 15.3. The number of carbonyl (C=O) groups is 1. The second-order valence-electron chi connectivity index (χ2n) is 8.84. The lowest BCUT2D eigenvalue weighted by molar-refractivity contribution is -0.136. The summed E-state index contributed by atoms with van der Waals surface area (Å²) < 4.78 is 19.8. The van der Waals surface area contributed by atoms with Gasteiger partial charge in [-0.2, -0.15) is 0 Å². The minimum Gasteiger partial charge on any atom is -0.481 e. The molecule has 6 heteroatoms. The highest BCUT2D eigenvalue weighted by molar-refractivity contribution is 5.67. The van der Waals surface area contributed by atoms with E-state index >= 15 is 0 Å². The number of likely N-dealkylation sites (tertiary alicyclic amines) is 1. The summed E-state index contributed by atoms with van der Waals surface area (Å²) in [4.78, 5) is 13.0. The van der Waals surface area contributed by atoms with E-state index < -0.39 is 12.1 Å². The highest BCUT2D eigenvalue weighted by atomic mass is 19.1. The van der Waals surface area contributed by atoms with Gasteiger partial charge in [-0.1, -0.05) is 36.4 Å². The normalized spacial score (nSPS) is 18.6. The van der Waals surface area contributed by atoms with Crippen molar-refractivity contribution in [1.82, 2.24) is 4.90 Å². The second kappa shape index (κ2) is 11.5. The lowest BCUT2D eigenvalue weighted by atomic mass is 10.0. The minimum atomic E-state index is -0.800. The zero-order valence-electron chi connectivity index (χ0n) is 19.0. The Bertz CT molecular complexity index is 886. The number of carboxylic acids is 1. The average Bonchev–Trinajstić information content (AvgIpc) is 3.19. The zero-order valence-corrected chi connectivity index (χ0v) is 19.0. The average molecular weight is 444 g/mol. The van der Waals surface area contributed by atoms with Crippen molar-refractivity contribution in [3.05, 3.63) is 70.5 Å². The molecule has 0 bridgehead atoms. The molecule has 0 radical (unpaired) electrons. The fourth-order valence-electron chi connectivity index (χ4n) is 4.28. The Morgan fingerprint density at radius 3 is 2.62 bits per heavy atom. The van der Waals surface area contributed by atoms with Gasteiger partial charge in [-0.05, 0) is 74.4 Å². The Morgan fingerprint density at radius 2 is 1.94 bits per heavy atom. The van der Waals surface area contributed by atoms with E-state index in [1.165, 1.54) is 0 Å². The molecule has 0 aromatic heterocycles. The van der Waals surface area contributed by atoms with Crippen molar-refractivity contribution in [3.8, 4) is 0 Å². The molecule has 174 valence electrons. The molecule has 0 saturated carbocycles. The third-order valence-electron chi connectivity index (χ3n) is 6.27. The Hall–Kier alpha value is -2.28. The first-order valence-corrected chi connectivity index (χ1v) is 11.4. The van der Waals surface area contributed by atoms with Crippen LogP contribution in [0.5, 0.6) is 0 Å². The molecule has 2 N–H and O–H groups in total. The van der Waals surface area contributed by atoms with Gasteiger partial charge in [-0.15, -0.1) is 0 Å². The summed E-state index contributed by atoms with van der Waals surface area (Å²) in [5.41, 5.74) is 3.64. The van der Waals surface area contributed by atoms with E-state index in [0.717, 1.165) is 42.5 Å². The number of β-amino-alcohol motifs (C(OH)–C–C–N with tert-alkyl or cyclic N) is 1. The lowest BCUT2D eigenvalue weighted by Gasteiger charge is -2.27. The maximum atomic E-state index is 13.9. The number of halogens is 1. The Kier molecular flexibility index (Phi) is 8.79. The highest BCUT2D eigenvalue weighted by Crippen LogP contribution is 2.23. The number of aryl methyl sites for hydroxylation is 2. The molecule has 1 heterocycles. The van der Waals surface area contributed by atoms with E-state index in [0.29, 0.717) is 24.6 Å². The Morgan fingerprint density at radius 1 is 1.22 bits per heavy atom. The summed E-state index contributed by atoms with van der Waals surface area (Å²) >= 11 is 0. The summed E-state index contributed by atoms with van der Waals surface area (Å²) in [6.07, 6.45) is 2.79. The van der Waals surface area contributed by atoms with E-state index in [4.69, 9.17) is 9.84 Å². The quantitative estimate of drug-likeness (QED) is 0.542. The van der Waals surface area contributed by atoms with Crippen LogP contribution in [0.3, 0.4) is 0 Å². The number of aliphatic hydroxyl groups is 1. The molecular formula is C26H34FNO4. The number of hydrogen-bond acceptors (Lipinski definition) is 4. The van der Waals surface area contributed by atoms with Crippen LogP contribution in [-0.4, -0.2) is 52.9 Å². The number of aliphatic hydroxyl groups excluding tert-OH is 1. The molecule has 1 saturated heterocycles. The van der Waals surface area contributed by atoms with Crippen molar-refractivity contribution in [2.75, 3.05) is 19.7 Å². The van der Waals surface area contributed by atoms with E-state index in [2.05, 4.69) is 4.90 Å². The van der Waals surface area contributed by atoms with E-state index in [1.54, 1.807) is 13.0 Å². The fraction of sp³-hybridized carbons (Fsp3) is 0.500. The van der Waals surface area contributed by atoms with Crippen molar-refractivity contribution in [2.45, 2.75) is 64.2 Å². The van der Waals surface area contributed by atoms with Crippen molar-refractivity contribution in [1.29, 1.82) is 0 Å². The zero-order chi connectivity index (χ0) is 23.1. The Balaban J connectivity index is 1.45. The van der Waals surface area contributed by atoms with Crippen LogP contribution in [0.15, 0.2) is 42.5 Å². The minimum absolute atomic E-state index is 0.119. The molecule has 0 unspecified atom stereocenters. The standard InChI is InChI=1S/C26H34FNO4/c1-18-5-6-21(15-25(18)27)14-23-4-3-13-28(23)16-24(29)17-32-19(2)22-10-7-20(8-11-22)9-12-26(30)31/h5-8,10-11,15,19,23-24,29H,3-4,9,12-14,16-17H2,1-2H3,(H,30,31)/t19-,23+,24-/m1/s1. The Labute approximate surface area is 189 Å². The lowest BCUT2D eigenvalue weighted by Crippen LogP contribution is -2.39. The van der Waals surface area contributed by atoms with E-state index in [1.807, 2.05) is 43.3 Å². The number of nitrogens with zero attached hydrogens (tertiary/aromatic N) is 1. The van der Waals surface area contributed by atoms with E-state index in [9.17, 15) is 14.3 Å². The number of carboxylic acid groups (broad SMARTS) is 1. The predicted octanol–water partition coefficient (Wildman–Crippen LogP) is 4.30. The van der Waals surface area contributed by atoms with Crippen LogP contribution in [0.1, 0.15) is 54.5 Å². The first kappa shape index (κ1) is 24.4. The maximum Gasteiger partial charge on any atom is 0.303 e. The topological polar surface area (TPSA) is 70.0 Å². The third-order valence-corrected chi connectivity index (χ3v) is 6.27. The van der Waals surface area contributed by atoms with Crippen molar-refractivity contribution in [3.63, 3.8) is 0 Å². The molecule has 1 fully saturated rings. The monoisotopic (exact) mass is 443 g/mol. The predicted molar refractivity (Wildman–Crippen MR) is 122 cm³/mol. The molecule has 5 nitrogen and oxygen atoms in total. The first-order valence-electron chi connectivity index (χ1n) is 11.4. The van der Waals surface area contributed by atoms with Crippen LogP contribution >= 0.6 is 0 Å². The van der Waals surface area contributed by atoms with Crippen molar-refractivity contribution in [2.24, 2.45) is 0 Å². The van der Waals surface area contributed by atoms with Gasteiger partial charge in [0.2, 0.25) is 0 Å².